The second kappa shape index (κ2) is 5.55. The lowest BCUT2D eigenvalue weighted by molar-refractivity contribution is 0.102. The Morgan fingerprint density at radius 2 is 1.65 bits per heavy atom. The minimum absolute atomic E-state index is 0.176. The summed E-state index contributed by atoms with van der Waals surface area (Å²) in [4.78, 5) is 12.7. The minimum Gasteiger partial charge on any atom is -0.321 e. The molecule has 0 radical (unpaired) electrons. The summed E-state index contributed by atoms with van der Waals surface area (Å²) in [5.74, 6) is -0.176. The number of benzene rings is 3. The van der Waals surface area contributed by atoms with Gasteiger partial charge in [-0.05, 0) is 52.9 Å². The van der Waals surface area contributed by atoms with E-state index >= 15 is 0 Å². The molecule has 0 heterocycles. The predicted molar refractivity (Wildman–Crippen MR) is 95.8 cm³/mol. The van der Waals surface area contributed by atoms with Gasteiger partial charge in [-0.25, -0.2) is 0 Å². The Balaban J connectivity index is 1.78. The van der Waals surface area contributed by atoms with Crippen molar-refractivity contribution in [1.29, 1.82) is 0 Å². The van der Waals surface area contributed by atoms with Gasteiger partial charge in [-0.3, -0.25) is 4.79 Å². The monoisotopic (exact) mass is 341 g/mol. The van der Waals surface area contributed by atoms with Crippen LogP contribution in [-0.4, -0.2) is 5.91 Å². The fourth-order valence-corrected chi connectivity index (χ4v) is 3.58. The van der Waals surface area contributed by atoms with E-state index in [1.807, 2.05) is 24.3 Å². The smallest absolute Gasteiger partial charge is 0.256 e. The van der Waals surface area contributed by atoms with Crippen molar-refractivity contribution < 1.29 is 4.79 Å². The second-order valence-corrected chi connectivity index (χ2v) is 6.45. The molecule has 114 valence electrons. The van der Waals surface area contributed by atoms with E-state index in [-0.39, 0.29) is 5.91 Å². The zero-order chi connectivity index (χ0) is 16.0. The first kappa shape index (κ1) is 14.6. The first-order valence-electron chi connectivity index (χ1n) is 7.44. The molecule has 3 aromatic carbocycles. The van der Waals surface area contributed by atoms with E-state index in [1.165, 1.54) is 16.5 Å². The standard InChI is InChI=1S/C19H13Cl2NO/c20-15-5-2-6-16(18(15)21)22-19(23)14-10-9-12-8-7-11-3-1-4-13(14)17(11)12/h1-6,9-10H,7-8H2,(H,22,23). The highest BCUT2D eigenvalue weighted by Gasteiger charge is 2.19. The van der Waals surface area contributed by atoms with Gasteiger partial charge in [-0.2, -0.15) is 0 Å². The van der Waals surface area contributed by atoms with E-state index in [4.69, 9.17) is 23.2 Å². The zero-order valence-electron chi connectivity index (χ0n) is 12.2. The molecule has 0 aliphatic heterocycles. The van der Waals surface area contributed by atoms with E-state index in [0.29, 0.717) is 21.3 Å². The van der Waals surface area contributed by atoms with Crippen LogP contribution in [0.3, 0.4) is 0 Å². The molecular formula is C19H13Cl2NO. The van der Waals surface area contributed by atoms with Crippen molar-refractivity contribution in [3.05, 3.63) is 75.3 Å². The molecule has 4 rings (SSSR count). The summed E-state index contributed by atoms with van der Waals surface area (Å²) >= 11 is 12.2. The normalized spacial score (nSPS) is 12.6. The predicted octanol–water partition coefficient (Wildman–Crippen LogP) is 5.50. The van der Waals surface area contributed by atoms with Gasteiger partial charge in [0, 0.05) is 5.56 Å². The average molecular weight is 342 g/mol. The Hall–Kier alpha value is -2.03. The first-order chi connectivity index (χ1) is 11.1. The van der Waals surface area contributed by atoms with E-state index in [0.717, 1.165) is 18.2 Å². The highest BCUT2D eigenvalue weighted by Crippen LogP contribution is 2.34. The average Bonchev–Trinajstić information content (AvgIpc) is 2.97. The lowest BCUT2D eigenvalue weighted by Crippen LogP contribution is -2.13. The van der Waals surface area contributed by atoms with Gasteiger partial charge in [0.1, 0.15) is 0 Å². The van der Waals surface area contributed by atoms with Gasteiger partial charge in [0.15, 0.2) is 0 Å². The number of nitrogens with one attached hydrogen (secondary N) is 1. The fourth-order valence-electron chi connectivity index (χ4n) is 3.23. The maximum absolute atomic E-state index is 12.7. The zero-order valence-corrected chi connectivity index (χ0v) is 13.7. The van der Waals surface area contributed by atoms with E-state index in [2.05, 4.69) is 11.4 Å². The third kappa shape index (κ3) is 2.39. The lowest BCUT2D eigenvalue weighted by Gasteiger charge is -2.11. The van der Waals surface area contributed by atoms with Gasteiger partial charge in [-0.1, -0.05) is 53.5 Å². The van der Waals surface area contributed by atoms with Crippen molar-refractivity contribution in [2.24, 2.45) is 0 Å². The van der Waals surface area contributed by atoms with Crippen LogP contribution in [-0.2, 0) is 12.8 Å². The third-order valence-electron chi connectivity index (χ3n) is 4.32. The molecule has 1 amide bonds. The molecule has 0 atom stereocenters. The summed E-state index contributed by atoms with van der Waals surface area (Å²) in [6.45, 7) is 0. The molecule has 0 aromatic heterocycles. The van der Waals surface area contributed by atoms with Gasteiger partial charge < -0.3 is 5.32 Å². The van der Waals surface area contributed by atoms with Crippen molar-refractivity contribution in [2.75, 3.05) is 5.32 Å². The van der Waals surface area contributed by atoms with E-state index in [1.54, 1.807) is 18.2 Å². The van der Waals surface area contributed by atoms with Crippen molar-refractivity contribution in [3.63, 3.8) is 0 Å². The molecule has 0 saturated carbocycles. The van der Waals surface area contributed by atoms with Crippen LogP contribution in [0.2, 0.25) is 10.0 Å². The lowest BCUT2D eigenvalue weighted by atomic mass is 9.99. The van der Waals surface area contributed by atoms with E-state index in [9.17, 15) is 4.79 Å². The number of carbonyl (C=O) groups excluding carboxylic acids is 1. The van der Waals surface area contributed by atoms with Crippen LogP contribution < -0.4 is 5.32 Å². The van der Waals surface area contributed by atoms with Gasteiger partial charge in [-0.15, -0.1) is 0 Å². The van der Waals surface area contributed by atoms with Crippen LogP contribution in [0.5, 0.6) is 0 Å². The first-order valence-corrected chi connectivity index (χ1v) is 8.19. The molecule has 4 heteroatoms. The van der Waals surface area contributed by atoms with Crippen molar-refractivity contribution in [1.82, 2.24) is 0 Å². The summed E-state index contributed by atoms with van der Waals surface area (Å²) in [7, 11) is 0. The van der Waals surface area contributed by atoms with Crippen molar-refractivity contribution in [2.45, 2.75) is 12.8 Å². The molecule has 23 heavy (non-hydrogen) atoms. The van der Waals surface area contributed by atoms with Gasteiger partial charge in [0.05, 0.1) is 15.7 Å². The molecule has 0 bridgehead atoms. The van der Waals surface area contributed by atoms with Crippen LogP contribution in [0.25, 0.3) is 10.8 Å². The largest absolute Gasteiger partial charge is 0.321 e. The maximum Gasteiger partial charge on any atom is 0.256 e. The fraction of sp³-hybridized carbons (Fsp3) is 0.105. The number of hydrogen-bond donors (Lipinski definition) is 1. The van der Waals surface area contributed by atoms with Crippen LogP contribution in [0.15, 0.2) is 48.5 Å². The van der Waals surface area contributed by atoms with Gasteiger partial charge >= 0.3 is 0 Å². The molecule has 1 aliphatic carbocycles. The second-order valence-electron chi connectivity index (χ2n) is 5.67. The Morgan fingerprint density at radius 3 is 2.48 bits per heavy atom. The Bertz CT molecular complexity index is 939. The molecule has 1 aliphatic rings. The van der Waals surface area contributed by atoms with Crippen LogP contribution >= 0.6 is 23.2 Å². The summed E-state index contributed by atoms with van der Waals surface area (Å²) < 4.78 is 0. The molecule has 2 nitrogen and oxygen atoms in total. The molecule has 0 unspecified atom stereocenters. The summed E-state index contributed by atoms with van der Waals surface area (Å²) in [6, 6.07) is 15.3. The molecular weight excluding hydrogens is 329 g/mol. The Kier molecular flexibility index (Phi) is 3.51. The van der Waals surface area contributed by atoms with Crippen LogP contribution in [0.4, 0.5) is 5.69 Å². The third-order valence-corrected chi connectivity index (χ3v) is 5.14. The van der Waals surface area contributed by atoms with Crippen molar-refractivity contribution >= 4 is 45.6 Å². The molecule has 1 N–H and O–H groups in total. The van der Waals surface area contributed by atoms with Crippen LogP contribution in [0, 0.1) is 0 Å². The number of hydrogen-bond acceptors (Lipinski definition) is 1. The molecule has 3 aromatic rings. The summed E-state index contributed by atoms with van der Waals surface area (Å²) in [6.07, 6.45) is 2.08. The SMILES string of the molecule is O=C(Nc1cccc(Cl)c1Cl)c1ccc2c3c(cccc13)CC2. The highest BCUT2D eigenvalue weighted by molar-refractivity contribution is 6.44. The molecule has 0 fully saturated rings. The summed E-state index contributed by atoms with van der Waals surface area (Å²) in [5, 5.41) is 5.85. The van der Waals surface area contributed by atoms with Crippen LogP contribution in [0.1, 0.15) is 21.5 Å². The Morgan fingerprint density at radius 1 is 0.913 bits per heavy atom. The number of aryl methyl sites for hydroxylation is 2. The van der Waals surface area contributed by atoms with Crippen molar-refractivity contribution in [3.8, 4) is 0 Å². The number of carbonyl (C=O) groups is 1. The number of halogens is 2. The topological polar surface area (TPSA) is 29.1 Å². The maximum atomic E-state index is 12.7. The molecule has 0 spiro atoms. The molecule has 0 saturated heterocycles. The van der Waals surface area contributed by atoms with Gasteiger partial charge in [0.25, 0.3) is 5.91 Å². The number of amides is 1. The summed E-state index contributed by atoms with van der Waals surface area (Å²) in [5.41, 5.74) is 3.80. The van der Waals surface area contributed by atoms with Gasteiger partial charge in [0.2, 0.25) is 0 Å². The number of rotatable bonds is 2. The minimum atomic E-state index is -0.176. The number of anilines is 1. The Labute approximate surface area is 144 Å². The van der Waals surface area contributed by atoms with E-state index < -0.39 is 0 Å². The quantitative estimate of drug-likeness (QED) is 0.655. The highest BCUT2D eigenvalue weighted by atomic mass is 35.5.